The molecule has 7 heavy (non-hydrogen) atoms. The molecule has 1 unspecified atom stereocenters. The number of halogens is 1. The monoisotopic (exact) mass is 218 g/mol. The summed E-state index contributed by atoms with van der Waals surface area (Å²) in [5.74, 6) is -1.44. The zero-order valence-corrected chi connectivity index (χ0v) is 6.34. The van der Waals surface area contributed by atoms with Gasteiger partial charge in [-0.1, -0.05) is 0 Å². The number of rotatable bonds is 1. The van der Waals surface area contributed by atoms with Gasteiger partial charge < -0.3 is 15.0 Å². The van der Waals surface area contributed by atoms with Gasteiger partial charge in [0.2, 0.25) is 24.0 Å². The quantitative estimate of drug-likeness (QED) is 0.447. The molecule has 44 valence electrons. The average molecular weight is 218 g/mol. The topological polar surface area (TPSA) is 60.4 Å². The molecule has 0 spiro atoms. The Labute approximate surface area is 58.4 Å². The number of aliphatic hydroxyl groups excluding tert-OH is 1. The highest BCUT2D eigenvalue weighted by atomic mass is 127. The van der Waals surface area contributed by atoms with Gasteiger partial charge in [-0.25, -0.2) is 0 Å². The predicted octanol–water partition coefficient (Wildman–Crippen LogP) is -5.41. The van der Waals surface area contributed by atoms with Gasteiger partial charge in [0.15, 0.2) is 0 Å². The van der Waals surface area contributed by atoms with Crippen LogP contribution in [0.3, 0.4) is 0 Å². The number of carbonyl (C=O) groups is 1. The maximum Gasteiger partial charge on any atom is 0.235 e. The number of aliphatic hydroxyl groups is 1. The van der Waals surface area contributed by atoms with Gasteiger partial charge in [-0.15, -0.1) is 0 Å². The Morgan fingerprint density at radius 3 is 2.00 bits per heavy atom. The maximum atomic E-state index is 9.34. The minimum absolute atomic E-state index is 0. The van der Waals surface area contributed by atoms with Crippen molar-refractivity contribution in [3.63, 3.8) is 0 Å². The van der Waals surface area contributed by atoms with Gasteiger partial charge >= 0.3 is 0 Å². The molecule has 0 aliphatic heterocycles. The first kappa shape index (κ1) is 10.2. The van der Waals surface area contributed by atoms with E-state index in [2.05, 4.69) is 0 Å². The first-order valence-corrected chi connectivity index (χ1v) is 1.53. The van der Waals surface area contributed by atoms with E-state index >= 15 is 0 Å². The van der Waals surface area contributed by atoms with Gasteiger partial charge in [0.25, 0.3) is 0 Å². The Morgan fingerprint density at radius 1 is 1.86 bits per heavy atom. The van der Waals surface area contributed by atoms with E-state index in [4.69, 9.17) is 5.11 Å². The molecule has 0 aromatic carbocycles. The summed E-state index contributed by atoms with van der Waals surface area (Å²) < 4.78 is 0. The molecule has 0 heterocycles. The Kier molecular flexibility index (Phi) is 6.30. The molecule has 0 saturated carbocycles. The maximum absolute atomic E-state index is 9.34. The predicted molar refractivity (Wildman–Crippen MR) is 19.5 cm³/mol. The van der Waals surface area contributed by atoms with Crippen molar-refractivity contribution in [2.75, 3.05) is 0 Å². The van der Waals surface area contributed by atoms with Crippen molar-refractivity contribution in [2.24, 2.45) is 0 Å². The number of hydrogen-bond acceptors (Lipinski definition) is 3. The molecule has 0 aliphatic carbocycles. The largest absolute Gasteiger partial charge is 0.547 e. The lowest BCUT2D eigenvalue weighted by molar-refractivity contribution is -0.314. The fraction of sp³-hybridized carbons (Fsp3) is 0.667. The molecule has 1 atom stereocenters. The van der Waals surface area contributed by atoms with E-state index in [1.54, 1.807) is 0 Å². The SMILES string of the molecule is CC(O)C(=O)[O-].[IH2+]. The highest BCUT2D eigenvalue weighted by Crippen LogP contribution is 1.69. The second-order valence-corrected chi connectivity index (χ2v) is 0.995. The molecule has 4 heteroatoms. The van der Waals surface area contributed by atoms with Crippen molar-refractivity contribution >= 4 is 5.97 Å². The second-order valence-electron chi connectivity index (χ2n) is 0.995. The van der Waals surface area contributed by atoms with E-state index in [1.807, 2.05) is 0 Å². The summed E-state index contributed by atoms with van der Waals surface area (Å²) >= 11 is 0. The van der Waals surface area contributed by atoms with Crippen LogP contribution in [0.5, 0.6) is 0 Å². The van der Waals surface area contributed by atoms with Crippen molar-refractivity contribution in [2.45, 2.75) is 13.0 Å². The lowest BCUT2D eigenvalue weighted by Gasteiger charge is -2.00. The van der Waals surface area contributed by atoms with E-state index < -0.39 is 12.1 Å². The van der Waals surface area contributed by atoms with Crippen LogP contribution in [0.1, 0.15) is 6.92 Å². The molecule has 0 aromatic heterocycles. The third kappa shape index (κ3) is 6.16. The highest BCUT2D eigenvalue weighted by molar-refractivity contribution is 5.68. The summed E-state index contributed by atoms with van der Waals surface area (Å²) in [4.78, 5) is 9.34. The molecule has 0 amide bonds. The van der Waals surface area contributed by atoms with Gasteiger partial charge in [-0.2, -0.15) is 0 Å². The van der Waals surface area contributed by atoms with Crippen LogP contribution in [0.2, 0.25) is 0 Å². The van der Waals surface area contributed by atoms with Crippen LogP contribution in [0.15, 0.2) is 0 Å². The van der Waals surface area contributed by atoms with Gasteiger partial charge in [0, 0.05) is 0 Å². The molecule has 0 saturated heterocycles. The fourth-order valence-corrected chi connectivity index (χ4v) is 0. The Balaban J connectivity index is 0. The summed E-state index contributed by atoms with van der Waals surface area (Å²) in [6.45, 7) is 1.13. The average Bonchev–Trinajstić information content (AvgIpc) is 1.36. The molecule has 1 N–H and O–H groups in total. The molecule has 0 aliphatic rings. The summed E-state index contributed by atoms with van der Waals surface area (Å²) in [6.07, 6.45) is -1.34. The fourth-order valence-electron chi connectivity index (χ4n) is 0. The third-order valence-electron chi connectivity index (χ3n) is 0.341. The summed E-state index contributed by atoms with van der Waals surface area (Å²) in [5.41, 5.74) is 0. The molecule has 0 fully saturated rings. The van der Waals surface area contributed by atoms with Crippen LogP contribution in [0.4, 0.5) is 0 Å². The van der Waals surface area contributed by atoms with Crippen LogP contribution < -0.4 is 29.1 Å². The highest BCUT2D eigenvalue weighted by Gasteiger charge is 1.89. The van der Waals surface area contributed by atoms with Crippen molar-refractivity contribution in [1.82, 2.24) is 0 Å². The Hall–Kier alpha value is 0.160. The lowest BCUT2D eigenvalue weighted by atomic mass is 10.4. The number of hydrogen-bond donors (Lipinski definition) is 1. The van der Waals surface area contributed by atoms with Crippen molar-refractivity contribution in [3.05, 3.63) is 0 Å². The van der Waals surface area contributed by atoms with Gasteiger partial charge in [0.05, 0.1) is 12.1 Å². The molecule has 0 rings (SSSR count). The van der Waals surface area contributed by atoms with Gasteiger partial charge in [-0.3, -0.25) is 0 Å². The minimum atomic E-state index is -1.44. The Morgan fingerprint density at radius 2 is 2.00 bits per heavy atom. The summed E-state index contributed by atoms with van der Waals surface area (Å²) in [5, 5.41) is 17.3. The standard InChI is InChI=1S/C3H6O3.H2I/c1-2(4)3(5)6;/h2,4H,1H3,(H,5,6);1H2/q;+1/p-1. The zero-order valence-electron chi connectivity index (χ0n) is 3.79. The van der Waals surface area contributed by atoms with E-state index in [9.17, 15) is 9.90 Å². The van der Waals surface area contributed by atoms with Crippen LogP contribution in [0.25, 0.3) is 0 Å². The summed E-state index contributed by atoms with van der Waals surface area (Å²) in [7, 11) is 0. The van der Waals surface area contributed by atoms with Crippen molar-refractivity contribution in [3.8, 4) is 0 Å². The smallest absolute Gasteiger partial charge is 0.235 e. The molecule has 0 bridgehead atoms. The van der Waals surface area contributed by atoms with E-state index in [0.29, 0.717) is 0 Å². The van der Waals surface area contributed by atoms with Gasteiger partial charge in [0.1, 0.15) is 0 Å². The number of carbonyl (C=O) groups excluding carboxylic acids is 1. The van der Waals surface area contributed by atoms with Crippen molar-refractivity contribution in [1.29, 1.82) is 0 Å². The number of carboxylic acid groups (broad SMARTS) is 1. The third-order valence-corrected chi connectivity index (χ3v) is 0.341. The molecular weight excluding hydrogens is 211 g/mol. The summed E-state index contributed by atoms with van der Waals surface area (Å²) in [6, 6.07) is 0. The number of carboxylic acids is 1. The second kappa shape index (κ2) is 4.32. The molecule has 3 nitrogen and oxygen atoms in total. The van der Waals surface area contributed by atoms with Crippen molar-refractivity contribution < 1.29 is 39.0 Å². The lowest BCUT2D eigenvalue weighted by Crippen LogP contribution is -3.00. The molecular formula is C3H7IO3. The van der Waals surface area contributed by atoms with E-state index in [1.165, 1.54) is 0 Å². The Bertz CT molecular complexity index is 61.2. The zero-order chi connectivity index (χ0) is 5.15. The van der Waals surface area contributed by atoms with E-state index in [0.717, 1.165) is 6.92 Å². The molecule has 0 aromatic rings. The minimum Gasteiger partial charge on any atom is -0.547 e. The first-order valence-electron chi connectivity index (χ1n) is 1.53. The van der Waals surface area contributed by atoms with E-state index in [-0.39, 0.29) is 24.0 Å². The van der Waals surface area contributed by atoms with Crippen LogP contribution in [0, 0.1) is 0 Å². The molecule has 0 radical (unpaired) electrons. The van der Waals surface area contributed by atoms with Crippen LogP contribution in [-0.2, 0) is 4.79 Å². The number of aliphatic carboxylic acids is 1. The van der Waals surface area contributed by atoms with Crippen LogP contribution in [-0.4, -0.2) is 17.2 Å². The first-order chi connectivity index (χ1) is 2.64. The van der Waals surface area contributed by atoms with Gasteiger partial charge in [-0.05, 0) is 6.92 Å². The van der Waals surface area contributed by atoms with Crippen LogP contribution >= 0.6 is 0 Å². The normalized spacial score (nSPS) is 11.7.